The molecule has 0 aliphatic carbocycles. The van der Waals surface area contributed by atoms with Gasteiger partial charge in [-0.25, -0.2) is 4.79 Å². The van der Waals surface area contributed by atoms with E-state index in [0.29, 0.717) is 22.7 Å². The Morgan fingerprint density at radius 2 is 1.76 bits per heavy atom. The number of carbonyl (C=O) groups is 2. The number of rotatable bonds is 7. The summed E-state index contributed by atoms with van der Waals surface area (Å²) >= 11 is 0. The first-order valence-corrected chi connectivity index (χ1v) is 10.1. The number of nitrogens with two attached hydrogens (primary N) is 1. The van der Waals surface area contributed by atoms with Crippen molar-refractivity contribution in [3.8, 4) is 11.5 Å². The first kappa shape index (κ1) is 21.9. The molecule has 0 spiro atoms. The average Bonchev–Trinajstić information content (AvgIpc) is 3.26. The van der Waals surface area contributed by atoms with Gasteiger partial charge in [0.05, 0.1) is 13.1 Å². The summed E-state index contributed by atoms with van der Waals surface area (Å²) in [5.74, 6) is -0.210. The molecule has 1 aliphatic heterocycles. The van der Waals surface area contributed by atoms with Gasteiger partial charge >= 0.3 is 5.69 Å². The highest BCUT2D eigenvalue weighted by Crippen LogP contribution is 2.37. The van der Waals surface area contributed by atoms with E-state index in [9.17, 15) is 19.2 Å². The maximum absolute atomic E-state index is 13.0. The fourth-order valence-electron chi connectivity index (χ4n) is 3.61. The van der Waals surface area contributed by atoms with Crippen molar-refractivity contribution in [3.05, 3.63) is 80.0 Å². The van der Waals surface area contributed by atoms with Crippen LogP contribution in [0.4, 0.5) is 11.5 Å². The molecule has 1 aliphatic rings. The van der Waals surface area contributed by atoms with Crippen LogP contribution in [0.15, 0.2) is 52.1 Å². The Labute approximate surface area is 188 Å². The van der Waals surface area contributed by atoms with Crippen molar-refractivity contribution >= 4 is 23.1 Å². The summed E-state index contributed by atoms with van der Waals surface area (Å²) in [4.78, 5) is 50.5. The first-order chi connectivity index (χ1) is 15.8. The van der Waals surface area contributed by atoms with Gasteiger partial charge in [0.2, 0.25) is 6.79 Å². The van der Waals surface area contributed by atoms with Crippen molar-refractivity contribution in [1.82, 2.24) is 9.13 Å². The van der Waals surface area contributed by atoms with E-state index in [1.54, 1.807) is 6.07 Å². The summed E-state index contributed by atoms with van der Waals surface area (Å²) in [5, 5.41) is 2.88. The summed E-state index contributed by atoms with van der Waals surface area (Å²) in [5.41, 5.74) is 5.87. The smallest absolute Gasteiger partial charge is 0.332 e. The molecule has 0 atom stereocenters. The number of ketones is 2. The predicted molar refractivity (Wildman–Crippen MR) is 121 cm³/mol. The molecule has 0 saturated carbocycles. The van der Waals surface area contributed by atoms with E-state index in [2.05, 4.69) is 5.32 Å². The number of carbonyl (C=O) groups excluding carboxylic acids is 2. The van der Waals surface area contributed by atoms with Crippen LogP contribution in [0.2, 0.25) is 0 Å². The quantitative estimate of drug-likeness (QED) is 0.516. The van der Waals surface area contributed by atoms with Crippen molar-refractivity contribution in [3.63, 3.8) is 0 Å². The number of hydrogen-bond acceptors (Lipinski definition) is 8. The van der Waals surface area contributed by atoms with E-state index in [0.717, 1.165) is 10.1 Å². The van der Waals surface area contributed by atoms with Crippen LogP contribution >= 0.6 is 0 Å². The fraction of sp³-hybridized carbons (Fsp3) is 0.217. The zero-order valence-corrected chi connectivity index (χ0v) is 18.1. The van der Waals surface area contributed by atoms with Gasteiger partial charge in [-0.1, -0.05) is 30.3 Å². The second-order valence-electron chi connectivity index (χ2n) is 7.56. The highest BCUT2D eigenvalue weighted by atomic mass is 16.7. The minimum atomic E-state index is -0.786. The van der Waals surface area contributed by atoms with E-state index >= 15 is 0 Å². The number of Topliss-reactive ketones (excluding diaryl/α,β-unsaturated/α-hetero) is 2. The van der Waals surface area contributed by atoms with Crippen molar-refractivity contribution in [2.45, 2.75) is 13.5 Å². The predicted octanol–water partition coefficient (Wildman–Crippen LogP) is 1.40. The van der Waals surface area contributed by atoms with Gasteiger partial charge in [-0.05, 0) is 18.6 Å². The number of anilines is 2. The Morgan fingerprint density at radius 1 is 1.09 bits per heavy atom. The minimum Gasteiger partial charge on any atom is -0.454 e. The monoisotopic (exact) mass is 450 g/mol. The van der Waals surface area contributed by atoms with Gasteiger partial charge in [-0.3, -0.25) is 23.5 Å². The number of nitrogen functional groups attached to an aromatic ring is 1. The lowest BCUT2D eigenvalue weighted by molar-refractivity contribution is 0.0996. The van der Waals surface area contributed by atoms with Gasteiger partial charge in [0.25, 0.3) is 5.56 Å². The molecule has 2 heterocycles. The van der Waals surface area contributed by atoms with Crippen molar-refractivity contribution in [2.24, 2.45) is 7.05 Å². The average molecular weight is 450 g/mol. The molecular weight excluding hydrogens is 428 g/mol. The Balaban J connectivity index is 1.66. The summed E-state index contributed by atoms with van der Waals surface area (Å²) < 4.78 is 12.7. The summed E-state index contributed by atoms with van der Waals surface area (Å²) in [6, 6.07) is 12.2. The van der Waals surface area contributed by atoms with Crippen LogP contribution in [-0.4, -0.2) is 34.0 Å². The van der Waals surface area contributed by atoms with Crippen molar-refractivity contribution in [1.29, 1.82) is 0 Å². The second kappa shape index (κ2) is 8.65. The largest absolute Gasteiger partial charge is 0.454 e. The molecular formula is C23H22N4O6. The zero-order valence-electron chi connectivity index (χ0n) is 18.1. The second-order valence-corrected chi connectivity index (χ2v) is 7.56. The fourth-order valence-corrected chi connectivity index (χ4v) is 3.61. The van der Waals surface area contributed by atoms with Gasteiger partial charge in [0, 0.05) is 24.4 Å². The van der Waals surface area contributed by atoms with Crippen LogP contribution in [0.5, 0.6) is 11.5 Å². The van der Waals surface area contributed by atoms with E-state index in [1.165, 1.54) is 24.6 Å². The molecule has 1 aromatic heterocycles. The summed E-state index contributed by atoms with van der Waals surface area (Å²) in [7, 11) is 1.29. The third-order valence-corrected chi connectivity index (χ3v) is 5.38. The van der Waals surface area contributed by atoms with Gasteiger partial charge in [0.15, 0.2) is 23.1 Å². The molecule has 10 heteroatoms. The standard InChI is InChI=1S/C23H22N4O6/c1-13(28)15-8-18-19(33-12-32-18)9-16(15)25-10-17(29)20-21(24)27(23(31)26(2)22(20)30)11-14-6-4-3-5-7-14/h3-9,25H,10-12,24H2,1-2H3. The van der Waals surface area contributed by atoms with Gasteiger partial charge in [-0.2, -0.15) is 0 Å². The summed E-state index contributed by atoms with van der Waals surface area (Å²) in [6.07, 6.45) is 0. The molecule has 0 unspecified atom stereocenters. The Morgan fingerprint density at radius 3 is 2.42 bits per heavy atom. The molecule has 0 amide bonds. The molecule has 170 valence electrons. The number of nitrogens with zero attached hydrogens (tertiary/aromatic N) is 2. The number of aromatic nitrogens is 2. The highest BCUT2D eigenvalue weighted by molar-refractivity contribution is 6.04. The molecule has 3 N–H and O–H groups in total. The lowest BCUT2D eigenvalue weighted by Crippen LogP contribution is -2.43. The topological polar surface area (TPSA) is 135 Å². The molecule has 4 rings (SSSR count). The van der Waals surface area contributed by atoms with Crippen LogP contribution in [0.3, 0.4) is 0 Å². The van der Waals surface area contributed by atoms with Gasteiger partial charge in [0.1, 0.15) is 11.4 Å². The minimum absolute atomic E-state index is 0.0323. The van der Waals surface area contributed by atoms with E-state index in [-0.39, 0.29) is 37.0 Å². The van der Waals surface area contributed by atoms with E-state index in [1.807, 2.05) is 30.3 Å². The Hall–Kier alpha value is -4.34. The van der Waals surface area contributed by atoms with E-state index < -0.39 is 17.0 Å². The number of nitrogens with one attached hydrogen (secondary N) is 1. The molecule has 3 aromatic rings. The normalized spacial score (nSPS) is 11.9. The van der Waals surface area contributed by atoms with Crippen LogP contribution in [0.1, 0.15) is 33.2 Å². The third-order valence-electron chi connectivity index (χ3n) is 5.38. The molecule has 0 fully saturated rings. The van der Waals surface area contributed by atoms with Crippen molar-refractivity contribution in [2.75, 3.05) is 24.4 Å². The third kappa shape index (κ3) is 4.10. The number of fused-ring (bicyclic) bond motifs is 1. The lowest BCUT2D eigenvalue weighted by atomic mass is 10.1. The molecule has 0 saturated heterocycles. The van der Waals surface area contributed by atoms with Crippen molar-refractivity contribution < 1.29 is 19.1 Å². The Bertz CT molecular complexity index is 1370. The van der Waals surface area contributed by atoms with Crippen LogP contribution in [-0.2, 0) is 13.6 Å². The first-order valence-electron chi connectivity index (χ1n) is 10.1. The molecule has 2 aromatic carbocycles. The Kier molecular flexibility index (Phi) is 5.74. The SMILES string of the molecule is CC(=O)c1cc2c(cc1NCC(=O)c1c(N)n(Cc3ccccc3)c(=O)n(C)c1=O)OCO2. The summed E-state index contributed by atoms with van der Waals surface area (Å²) in [6.45, 7) is 1.19. The molecule has 33 heavy (non-hydrogen) atoms. The van der Waals surface area contributed by atoms with E-state index in [4.69, 9.17) is 15.2 Å². The van der Waals surface area contributed by atoms with Gasteiger partial charge < -0.3 is 20.5 Å². The number of hydrogen-bond donors (Lipinski definition) is 2. The van der Waals surface area contributed by atoms with Crippen LogP contribution in [0.25, 0.3) is 0 Å². The number of benzene rings is 2. The zero-order chi connectivity index (χ0) is 23.7. The van der Waals surface area contributed by atoms with Crippen LogP contribution in [0, 0.1) is 0 Å². The number of ether oxygens (including phenoxy) is 2. The lowest BCUT2D eigenvalue weighted by Gasteiger charge is -2.16. The molecule has 0 radical (unpaired) electrons. The highest BCUT2D eigenvalue weighted by Gasteiger charge is 2.23. The molecule has 10 nitrogen and oxygen atoms in total. The van der Waals surface area contributed by atoms with Crippen LogP contribution < -0.4 is 31.8 Å². The molecule has 0 bridgehead atoms. The van der Waals surface area contributed by atoms with Gasteiger partial charge in [-0.15, -0.1) is 0 Å². The maximum Gasteiger partial charge on any atom is 0.332 e. The maximum atomic E-state index is 13.0.